The zero-order chi connectivity index (χ0) is 16.0. The largest absolute Gasteiger partial charge is 0.480 e. The minimum atomic E-state index is -0.751. The van der Waals surface area contributed by atoms with Crippen molar-refractivity contribution >= 4 is 5.97 Å². The second-order valence-corrected chi connectivity index (χ2v) is 7.26. The Labute approximate surface area is 129 Å². The standard InChI is InChI=1S/C17H33NO3/c1-12(2)11-14(5)21-10-8-15-7-6-9-17(15,16(19)20)18-13(3)4/h12-15,18H,6-11H2,1-5H3,(H,19,20). The highest BCUT2D eigenvalue weighted by molar-refractivity contribution is 5.79. The van der Waals surface area contributed by atoms with Crippen molar-refractivity contribution in [3.05, 3.63) is 0 Å². The quantitative estimate of drug-likeness (QED) is 0.684. The van der Waals surface area contributed by atoms with Gasteiger partial charge in [0.15, 0.2) is 0 Å². The van der Waals surface area contributed by atoms with Gasteiger partial charge < -0.3 is 9.84 Å². The molecule has 0 radical (unpaired) electrons. The lowest BCUT2D eigenvalue weighted by Gasteiger charge is -2.34. The number of rotatable bonds is 9. The van der Waals surface area contributed by atoms with Gasteiger partial charge in [-0.1, -0.05) is 20.3 Å². The fourth-order valence-corrected chi connectivity index (χ4v) is 3.66. The summed E-state index contributed by atoms with van der Waals surface area (Å²) in [6.07, 6.45) is 4.83. The van der Waals surface area contributed by atoms with Gasteiger partial charge in [-0.15, -0.1) is 0 Å². The molecule has 0 spiro atoms. The first kappa shape index (κ1) is 18.4. The van der Waals surface area contributed by atoms with E-state index in [9.17, 15) is 9.90 Å². The number of ether oxygens (including phenoxy) is 1. The third kappa shape index (κ3) is 5.26. The number of carboxylic acids is 1. The van der Waals surface area contributed by atoms with Crippen molar-refractivity contribution in [1.29, 1.82) is 0 Å². The lowest BCUT2D eigenvalue weighted by molar-refractivity contribution is -0.147. The highest BCUT2D eigenvalue weighted by Crippen LogP contribution is 2.38. The molecule has 0 saturated heterocycles. The van der Waals surface area contributed by atoms with Crippen LogP contribution in [0.4, 0.5) is 0 Å². The molecule has 4 nitrogen and oxygen atoms in total. The summed E-state index contributed by atoms with van der Waals surface area (Å²) in [6.45, 7) is 11.2. The maximum atomic E-state index is 11.8. The van der Waals surface area contributed by atoms with Crippen LogP contribution >= 0.6 is 0 Å². The van der Waals surface area contributed by atoms with Gasteiger partial charge >= 0.3 is 5.97 Å². The van der Waals surface area contributed by atoms with Gasteiger partial charge in [-0.05, 0) is 58.3 Å². The van der Waals surface area contributed by atoms with E-state index in [-0.39, 0.29) is 18.1 Å². The summed E-state index contributed by atoms with van der Waals surface area (Å²) < 4.78 is 5.87. The summed E-state index contributed by atoms with van der Waals surface area (Å²) >= 11 is 0. The third-order valence-corrected chi connectivity index (χ3v) is 4.42. The summed E-state index contributed by atoms with van der Waals surface area (Å²) in [4.78, 5) is 11.8. The highest BCUT2D eigenvalue weighted by atomic mass is 16.5. The molecular formula is C17H33NO3. The lowest BCUT2D eigenvalue weighted by Crippen LogP contribution is -2.57. The van der Waals surface area contributed by atoms with Crippen LogP contribution < -0.4 is 5.32 Å². The Morgan fingerprint density at radius 1 is 1.33 bits per heavy atom. The third-order valence-electron chi connectivity index (χ3n) is 4.42. The van der Waals surface area contributed by atoms with E-state index in [2.05, 4.69) is 26.1 Å². The van der Waals surface area contributed by atoms with E-state index in [1.165, 1.54) is 0 Å². The highest BCUT2D eigenvalue weighted by Gasteiger charge is 2.48. The van der Waals surface area contributed by atoms with Crippen LogP contribution in [0.3, 0.4) is 0 Å². The molecule has 4 heteroatoms. The van der Waals surface area contributed by atoms with Crippen molar-refractivity contribution in [2.45, 2.75) is 84.4 Å². The van der Waals surface area contributed by atoms with Gasteiger partial charge in [0.1, 0.15) is 5.54 Å². The predicted octanol–water partition coefficient (Wildman–Crippen LogP) is 3.45. The van der Waals surface area contributed by atoms with E-state index in [4.69, 9.17) is 4.74 Å². The van der Waals surface area contributed by atoms with Crippen molar-refractivity contribution in [3.8, 4) is 0 Å². The van der Waals surface area contributed by atoms with Crippen LogP contribution in [0.25, 0.3) is 0 Å². The van der Waals surface area contributed by atoms with Crippen molar-refractivity contribution in [2.24, 2.45) is 11.8 Å². The molecule has 0 aliphatic heterocycles. The molecule has 2 N–H and O–H groups in total. The number of nitrogens with one attached hydrogen (secondary N) is 1. The molecule has 1 rings (SSSR count). The van der Waals surface area contributed by atoms with Crippen molar-refractivity contribution < 1.29 is 14.6 Å². The van der Waals surface area contributed by atoms with E-state index in [0.29, 0.717) is 12.5 Å². The van der Waals surface area contributed by atoms with E-state index in [0.717, 1.165) is 32.1 Å². The molecule has 0 aromatic rings. The van der Waals surface area contributed by atoms with E-state index >= 15 is 0 Å². The minimum absolute atomic E-state index is 0.170. The Morgan fingerprint density at radius 2 is 2.00 bits per heavy atom. The fourth-order valence-electron chi connectivity index (χ4n) is 3.66. The molecule has 0 aromatic carbocycles. The number of carbonyl (C=O) groups is 1. The number of hydrogen-bond acceptors (Lipinski definition) is 3. The maximum absolute atomic E-state index is 11.8. The molecule has 21 heavy (non-hydrogen) atoms. The second kappa shape index (κ2) is 8.14. The summed E-state index contributed by atoms with van der Waals surface area (Å²) in [5, 5.41) is 13.0. The Hall–Kier alpha value is -0.610. The molecule has 1 fully saturated rings. The first-order valence-corrected chi connectivity index (χ1v) is 8.40. The summed E-state index contributed by atoms with van der Waals surface area (Å²) in [6, 6.07) is 0.183. The lowest BCUT2D eigenvalue weighted by atomic mass is 9.84. The molecule has 0 amide bonds. The first-order valence-electron chi connectivity index (χ1n) is 8.40. The Kier molecular flexibility index (Phi) is 7.14. The van der Waals surface area contributed by atoms with Crippen LogP contribution in [0.1, 0.15) is 66.7 Å². The fraction of sp³-hybridized carbons (Fsp3) is 0.941. The van der Waals surface area contributed by atoms with Gasteiger partial charge in [-0.2, -0.15) is 0 Å². The van der Waals surface area contributed by atoms with Crippen molar-refractivity contribution in [3.63, 3.8) is 0 Å². The van der Waals surface area contributed by atoms with E-state index in [1.807, 2.05) is 13.8 Å². The molecule has 0 heterocycles. The molecule has 1 aliphatic rings. The average molecular weight is 299 g/mol. The van der Waals surface area contributed by atoms with E-state index < -0.39 is 11.5 Å². The average Bonchev–Trinajstić information content (AvgIpc) is 2.71. The number of aliphatic carboxylic acids is 1. The molecule has 124 valence electrons. The van der Waals surface area contributed by atoms with Gasteiger partial charge in [-0.3, -0.25) is 10.1 Å². The monoisotopic (exact) mass is 299 g/mol. The molecule has 3 atom stereocenters. The van der Waals surface area contributed by atoms with Gasteiger partial charge in [0.25, 0.3) is 0 Å². The van der Waals surface area contributed by atoms with Gasteiger partial charge in [0.2, 0.25) is 0 Å². The summed E-state index contributed by atoms with van der Waals surface area (Å²) in [5.41, 5.74) is -0.751. The molecule has 3 unspecified atom stereocenters. The molecule has 1 saturated carbocycles. The summed E-state index contributed by atoms with van der Waals surface area (Å²) in [5.74, 6) is 0.102. The van der Waals surface area contributed by atoms with Gasteiger partial charge in [0.05, 0.1) is 6.10 Å². The van der Waals surface area contributed by atoms with Crippen molar-refractivity contribution in [1.82, 2.24) is 5.32 Å². The van der Waals surface area contributed by atoms with Crippen LogP contribution in [0.5, 0.6) is 0 Å². The van der Waals surface area contributed by atoms with Crippen molar-refractivity contribution in [2.75, 3.05) is 6.61 Å². The Morgan fingerprint density at radius 3 is 2.52 bits per heavy atom. The Balaban J connectivity index is 2.54. The zero-order valence-electron chi connectivity index (χ0n) is 14.3. The molecule has 0 aromatic heterocycles. The van der Waals surface area contributed by atoms with Crippen LogP contribution in [-0.2, 0) is 9.53 Å². The SMILES string of the molecule is CC(C)CC(C)OCCC1CCCC1(NC(C)C)C(=O)O. The normalized spacial score (nSPS) is 27.5. The predicted molar refractivity (Wildman–Crippen MR) is 85.5 cm³/mol. The first-order chi connectivity index (χ1) is 9.78. The molecule has 1 aliphatic carbocycles. The maximum Gasteiger partial charge on any atom is 0.324 e. The topological polar surface area (TPSA) is 58.6 Å². The van der Waals surface area contributed by atoms with E-state index in [1.54, 1.807) is 0 Å². The minimum Gasteiger partial charge on any atom is -0.480 e. The smallest absolute Gasteiger partial charge is 0.324 e. The second-order valence-electron chi connectivity index (χ2n) is 7.26. The summed E-state index contributed by atoms with van der Waals surface area (Å²) in [7, 11) is 0. The van der Waals surface area contributed by atoms with Crippen LogP contribution in [-0.4, -0.2) is 35.4 Å². The van der Waals surface area contributed by atoms with Crippen LogP contribution in [0.15, 0.2) is 0 Å². The number of carboxylic acid groups (broad SMARTS) is 1. The molecular weight excluding hydrogens is 266 g/mol. The van der Waals surface area contributed by atoms with Gasteiger partial charge in [-0.25, -0.2) is 0 Å². The van der Waals surface area contributed by atoms with Crippen LogP contribution in [0, 0.1) is 11.8 Å². The molecule has 0 bridgehead atoms. The van der Waals surface area contributed by atoms with Gasteiger partial charge in [0, 0.05) is 12.6 Å². The zero-order valence-corrected chi connectivity index (χ0v) is 14.3. The number of hydrogen-bond donors (Lipinski definition) is 2. The Bertz CT molecular complexity index is 330. The van der Waals surface area contributed by atoms with Crippen LogP contribution in [0.2, 0.25) is 0 Å².